The van der Waals surface area contributed by atoms with E-state index in [0.29, 0.717) is 11.8 Å². The van der Waals surface area contributed by atoms with Crippen LogP contribution in [0.25, 0.3) is 0 Å². The number of nitrogens with zero attached hydrogens (tertiary/aromatic N) is 1. The topological polar surface area (TPSA) is 72.0 Å². The molecular weight excluding hydrogens is 433 g/mol. The van der Waals surface area contributed by atoms with Gasteiger partial charge in [0.15, 0.2) is 5.96 Å². The van der Waals surface area contributed by atoms with Gasteiger partial charge in [0.05, 0.1) is 7.11 Å². The molecule has 0 bridgehead atoms. The molecule has 0 radical (unpaired) electrons. The lowest BCUT2D eigenvalue weighted by atomic mass is 9.67. The van der Waals surface area contributed by atoms with Crippen LogP contribution in [-0.2, 0) is 14.3 Å². The van der Waals surface area contributed by atoms with Crippen molar-refractivity contribution >= 4 is 35.9 Å². The van der Waals surface area contributed by atoms with E-state index >= 15 is 0 Å². The van der Waals surface area contributed by atoms with Crippen molar-refractivity contribution in [3.05, 3.63) is 0 Å². The molecule has 0 aromatic heterocycles. The average Bonchev–Trinajstić information content (AvgIpc) is 2.56. The van der Waals surface area contributed by atoms with Gasteiger partial charge in [-0.25, -0.2) is 0 Å². The van der Waals surface area contributed by atoms with Gasteiger partial charge in [-0.2, -0.15) is 0 Å². The Labute approximate surface area is 169 Å². The van der Waals surface area contributed by atoms with E-state index < -0.39 is 0 Å². The van der Waals surface area contributed by atoms with Crippen molar-refractivity contribution in [2.24, 2.45) is 10.4 Å². The van der Waals surface area contributed by atoms with E-state index in [9.17, 15) is 4.79 Å². The average molecular weight is 469 g/mol. The number of carbonyl (C=O) groups excluding carboxylic acids is 1. The maximum Gasteiger partial charge on any atom is 0.305 e. The molecule has 0 heterocycles. The van der Waals surface area contributed by atoms with Crippen LogP contribution in [-0.4, -0.2) is 52.4 Å². The first-order chi connectivity index (χ1) is 11.7. The molecule has 0 aliphatic heterocycles. The van der Waals surface area contributed by atoms with Gasteiger partial charge in [-0.1, -0.05) is 12.8 Å². The third kappa shape index (κ3) is 10.2. The summed E-state index contributed by atoms with van der Waals surface area (Å²) in [7, 11) is 3.20. The number of rotatable bonds is 12. The predicted octanol–water partition coefficient (Wildman–Crippen LogP) is 3.10. The Morgan fingerprint density at radius 2 is 1.92 bits per heavy atom. The largest absolute Gasteiger partial charge is 0.469 e. The summed E-state index contributed by atoms with van der Waals surface area (Å²) < 4.78 is 9.88. The number of halogens is 1. The van der Waals surface area contributed by atoms with Gasteiger partial charge in [-0.15, -0.1) is 24.0 Å². The van der Waals surface area contributed by atoms with Crippen molar-refractivity contribution in [3.8, 4) is 0 Å². The number of ether oxygens (including phenoxy) is 2. The number of esters is 1. The zero-order valence-corrected chi connectivity index (χ0v) is 18.4. The quantitative estimate of drug-likeness (QED) is 0.151. The van der Waals surface area contributed by atoms with Crippen molar-refractivity contribution in [1.29, 1.82) is 0 Å². The minimum Gasteiger partial charge on any atom is -0.469 e. The van der Waals surface area contributed by atoms with Crippen LogP contribution in [0.4, 0.5) is 0 Å². The first kappa shape index (κ1) is 24.4. The number of nitrogens with one attached hydrogen (secondary N) is 2. The Hall–Kier alpha value is -0.570. The van der Waals surface area contributed by atoms with Gasteiger partial charge in [0.2, 0.25) is 0 Å². The highest BCUT2D eigenvalue weighted by Gasteiger charge is 2.36. The number of methoxy groups -OCH3 is 2. The highest BCUT2D eigenvalue weighted by atomic mass is 127. The van der Waals surface area contributed by atoms with E-state index in [1.165, 1.54) is 26.4 Å². The van der Waals surface area contributed by atoms with Crippen LogP contribution in [0.5, 0.6) is 0 Å². The van der Waals surface area contributed by atoms with Gasteiger partial charge in [0, 0.05) is 39.8 Å². The molecule has 6 nitrogen and oxygen atoms in total. The summed E-state index contributed by atoms with van der Waals surface area (Å²) in [6, 6.07) is 0. The fourth-order valence-electron chi connectivity index (χ4n) is 2.95. The van der Waals surface area contributed by atoms with Gasteiger partial charge in [0.25, 0.3) is 0 Å². The van der Waals surface area contributed by atoms with Crippen LogP contribution in [0, 0.1) is 5.41 Å². The van der Waals surface area contributed by atoms with Crippen LogP contribution in [0.3, 0.4) is 0 Å². The normalized spacial score (nSPS) is 15.7. The Kier molecular flexibility index (Phi) is 14.3. The fourth-order valence-corrected chi connectivity index (χ4v) is 2.95. The number of hydrogen-bond acceptors (Lipinski definition) is 4. The fraction of sp³-hybridized carbons (Fsp3) is 0.889. The van der Waals surface area contributed by atoms with Crippen molar-refractivity contribution < 1.29 is 14.3 Å². The molecule has 1 saturated carbocycles. The van der Waals surface area contributed by atoms with Crippen LogP contribution in [0.2, 0.25) is 0 Å². The standard InChI is InChI=1S/C18H35N3O3.HI/c1-4-19-17(20-13-7-5-6-9-16(22)24-3)21-15-18(10-8-11-18)12-14-23-2;/h4-15H2,1-3H3,(H2,19,20,21);1H. The summed E-state index contributed by atoms with van der Waals surface area (Å²) in [5.74, 6) is 0.772. The number of carbonyl (C=O) groups is 1. The second-order valence-electron chi connectivity index (χ2n) is 6.61. The molecule has 0 saturated heterocycles. The van der Waals surface area contributed by atoms with E-state index in [1.54, 1.807) is 7.11 Å². The summed E-state index contributed by atoms with van der Waals surface area (Å²) >= 11 is 0. The molecular formula is C18H36IN3O3. The van der Waals surface area contributed by atoms with Crippen LogP contribution in [0.1, 0.15) is 58.3 Å². The Balaban J connectivity index is 0.00000576. The number of hydrogen-bond donors (Lipinski definition) is 2. The summed E-state index contributed by atoms with van der Waals surface area (Å²) in [6.07, 6.45) is 8.34. The van der Waals surface area contributed by atoms with E-state index in [4.69, 9.17) is 9.73 Å². The molecule has 7 heteroatoms. The lowest BCUT2D eigenvalue weighted by Crippen LogP contribution is -2.40. The summed E-state index contributed by atoms with van der Waals surface area (Å²) in [5, 5.41) is 6.70. The maximum absolute atomic E-state index is 11.1. The molecule has 0 unspecified atom stereocenters. The first-order valence-corrected chi connectivity index (χ1v) is 9.24. The second-order valence-corrected chi connectivity index (χ2v) is 6.61. The van der Waals surface area contributed by atoms with Crippen molar-refractivity contribution in [3.63, 3.8) is 0 Å². The lowest BCUT2D eigenvalue weighted by Gasteiger charge is -2.40. The Bertz CT molecular complexity index is 388. The smallest absolute Gasteiger partial charge is 0.305 e. The van der Waals surface area contributed by atoms with Crippen molar-refractivity contribution in [2.75, 3.05) is 40.5 Å². The van der Waals surface area contributed by atoms with E-state index in [1.807, 2.05) is 0 Å². The Morgan fingerprint density at radius 3 is 2.48 bits per heavy atom. The molecule has 148 valence electrons. The second kappa shape index (κ2) is 14.6. The molecule has 1 aliphatic rings. The van der Waals surface area contributed by atoms with Gasteiger partial charge >= 0.3 is 5.97 Å². The molecule has 1 aliphatic carbocycles. The molecule has 0 amide bonds. The van der Waals surface area contributed by atoms with Gasteiger partial charge in [-0.3, -0.25) is 9.79 Å². The van der Waals surface area contributed by atoms with E-state index in [-0.39, 0.29) is 29.9 Å². The number of unbranched alkanes of at least 4 members (excludes halogenated alkanes) is 2. The summed E-state index contributed by atoms with van der Waals surface area (Å²) in [5.41, 5.74) is 0.346. The van der Waals surface area contributed by atoms with Crippen LogP contribution >= 0.6 is 24.0 Å². The third-order valence-corrected chi connectivity index (χ3v) is 4.75. The number of guanidine groups is 1. The summed E-state index contributed by atoms with van der Waals surface area (Å²) in [6.45, 7) is 5.50. The molecule has 1 fully saturated rings. The van der Waals surface area contributed by atoms with Crippen molar-refractivity contribution in [1.82, 2.24) is 10.6 Å². The highest BCUT2D eigenvalue weighted by Crippen LogP contribution is 2.44. The van der Waals surface area contributed by atoms with Crippen LogP contribution < -0.4 is 10.6 Å². The van der Waals surface area contributed by atoms with E-state index in [2.05, 4.69) is 22.3 Å². The van der Waals surface area contributed by atoms with Gasteiger partial charge < -0.3 is 20.1 Å². The van der Waals surface area contributed by atoms with Crippen LogP contribution in [0.15, 0.2) is 4.99 Å². The number of aliphatic imine (C=N–C) groups is 1. The predicted molar refractivity (Wildman–Crippen MR) is 113 cm³/mol. The van der Waals surface area contributed by atoms with Gasteiger partial charge in [-0.05, 0) is 44.4 Å². The minimum atomic E-state index is -0.125. The first-order valence-electron chi connectivity index (χ1n) is 9.24. The molecule has 0 aromatic rings. The lowest BCUT2D eigenvalue weighted by molar-refractivity contribution is -0.140. The van der Waals surface area contributed by atoms with Gasteiger partial charge in [0.1, 0.15) is 0 Å². The molecule has 0 aromatic carbocycles. The van der Waals surface area contributed by atoms with Crippen molar-refractivity contribution in [2.45, 2.75) is 58.3 Å². The SMILES string of the molecule is CCNC(=NCC1(CCOC)CCC1)NCCCCCC(=O)OC.I. The maximum atomic E-state index is 11.1. The molecule has 2 N–H and O–H groups in total. The highest BCUT2D eigenvalue weighted by molar-refractivity contribution is 14.0. The summed E-state index contributed by atoms with van der Waals surface area (Å²) in [4.78, 5) is 15.8. The molecule has 0 atom stereocenters. The monoisotopic (exact) mass is 469 g/mol. The zero-order chi connectivity index (χ0) is 17.7. The Morgan fingerprint density at radius 1 is 1.16 bits per heavy atom. The molecule has 25 heavy (non-hydrogen) atoms. The zero-order valence-electron chi connectivity index (χ0n) is 16.1. The third-order valence-electron chi connectivity index (χ3n) is 4.75. The minimum absolute atomic E-state index is 0. The molecule has 0 spiro atoms. The van der Waals surface area contributed by atoms with E-state index in [0.717, 1.165) is 57.9 Å². The molecule has 1 rings (SSSR count).